The van der Waals surface area contributed by atoms with Crippen LogP contribution >= 0.6 is 34.3 Å². The largest absolute Gasteiger partial charge is 0.320 e. The minimum atomic E-state index is -0.126. The van der Waals surface area contributed by atoms with E-state index in [0.717, 1.165) is 15.5 Å². The quantitative estimate of drug-likeness (QED) is 0.725. The summed E-state index contributed by atoms with van der Waals surface area (Å²) in [5.74, 6) is 0. The van der Waals surface area contributed by atoms with Crippen molar-refractivity contribution in [2.24, 2.45) is 5.73 Å². The van der Waals surface area contributed by atoms with Crippen LogP contribution in [0, 0.1) is 0 Å². The maximum absolute atomic E-state index is 6.30. The van der Waals surface area contributed by atoms with Gasteiger partial charge in [0, 0.05) is 9.58 Å². The summed E-state index contributed by atoms with van der Waals surface area (Å²) in [7, 11) is 0. The third kappa shape index (κ3) is 1.89. The minimum absolute atomic E-state index is 0.126. The molecule has 0 saturated heterocycles. The molecule has 4 heteroatoms. The van der Waals surface area contributed by atoms with Gasteiger partial charge >= 0.3 is 0 Å². The number of fused-ring (bicyclic) bond motifs is 1. The molecular weight excluding hydrogens is 270 g/mol. The molecule has 0 amide bonds. The van der Waals surface area contributed by atoms with Crippen LogP contribution in [0.3, 0.4) is 0 Å². The zero-order valence-corrected chi connectivity index (χ0v) is 11.3. The molecular formula is C13H10ClNS2. The molecule has 0 aliphatic rings. The molecule has 1 nitrogen and oxygen atoms in total. The predicted octanol–water partition coefficient (Wildman–Crippen LogP) is 4.66. The SMILES string of the molecule is NC(c1sccc1Cl)c1csc2ccccc12. The van der Waals surface area contributed by atoms with Gasteiger partial charge in [0.25, 0.3) is 0 Å². The van der Waals surface area contributed by atoms with Gasteiger partial charge in [0.05, 0.1) is 11.1 Å². The molecule has 1 unspecified atom stereocenters. The molecule has 3 rings (SSSR count). The summed E-state index contributed by atoms with van der Waals surface area (Å²) < 4.78 is 1.27. The summed E-state index contributed by atoms with van der Waals surface area (Å²) in [5, 5.41) is 6.10. The first-order valence-corrected chi connectivity index (χ1v) is 7.35. The lowest BCUT2D eigenvalue weighted by Gasteiger charge is -2.09. The molecule has 0 aliphatic carbocycles. The molecule has 0 radical (unpaired) electrons. The van der Waals surface area contributed by atoms with Gasteiger partial charge in [-0.15, -0.1) is 22.7 Å². The third-order valence-electron chi connectivity index (χ3n) is 2.77. The van der Waals surface area contributed by atoms with Crippen LogP contribution in [0.25, 0.3) is 10.1 Å². The van der Waals surface area contributed by atoms with Crippen LogP contribution in [0.4, 0.5) is 0 Å². The molecule has 86 valence electrons. The van der Waals surface area contributed by atoms with Gasteiger partial charge in [-0.1, -0.05) is 29.8 Å². The Bertz CT molecular complexity index is 656. The fourth-order valence-electron chi connectivity index (χ4n) is 1.91. The standard InChI is InChI=1S/C13H10ClNS2/c14-10-5-6-16-13(10)12(15)9-7-17-11-4-2-1-3-8(9)11/h1-7,12H,15H2. The Kier molecular flexibility index (Phi) is 2.92. The van der Waals surface area contributed by atoms with Crippen molar-refractivity contribution in [3.05, 3.63) is 56.6 Å². The number of rotatable bonds is 2. The van der Waals surface area contributed by atoms with Gasteiger partial charge in [-0.2, -0.15) is 0 Å². The van der Waals surface area contributed by atoms with Crippen molar-refractivity contribution in [2.45, 2.75) is 6.04 Å². The monoisotopic (exact) mass is 279 g/mol. The van der Waals surface area contributed by atoms with E-state index in [2.05, 4.69) is 17.5 Å². The predicted molar refractivity (Wildman–Crippen MR) is 77.2 cm³/mol. The van der Waals surface area contributed by atoms with Gasteiger partial charge in [-0.3, -0.25) is 0 Å². The second kappa shape index (κ2) is 4.42. The zero-order valence-electron chi connectivity index (χ0n) is 8.89. The molecule has 2 aromatic heterocycles. The Labute approximate surface area is 112 Å². The molecule has 3 aromatic rings. The smallest absolute Gasteiger partial charge is 0.0675 e. The van der Waals surface area contributed by atoms with Crippen LogP contribution in [0.15, 0.2) is 41.1 Å². The van der Waals surface area contributed by atoms with Crippen molar-refractivity contribution in [1.29, 1.82) is 0 Å². The van der Waals surface area contributed by atoms with Gasteiger partial charge in [-0.05, 0) is 33.8 Å². The van der Waals surface area contributed by atoms with Crippen molar-refractivity contribution in [3.63, 3.8) is 0 Å². The van der Waals surface area contributed by atoms with Crippen molar-refractivity contribution >= 4 is 44.4 Å². The highest BCUT2D eigenvalue weighted by atomic mass is 35.5. The maximum atomic E-state index is 6.30. The molecule has 2 N–H and O–H groups in total. The highest BCUT2D eigenvalue weighted by Gasteiger charge is 2.17. The van der Waals surface area contributed by atoms with Gasteiger partial charge in [0.1, 0.15) is 0 Å². The molecule has 0 aliphatic heterocycles. The zero-order chi connectivity index (χ0) is 11.8. The Morgan fingerprint density at radius 2 is 1.94 bits per heavy atom. The van der Waals surface area contributed by atoms with Crippen LogP contribution in [-0.2, 0) is 0 Å². The molecule has 0 saturated carbocycles. The molecule has 0 bridgehead atoms. The molecule has 0 fully saturated rings. The lowest BCUT2D eigenvalue weighted by atomic mass is 10.1. The van der Waals surface area contributed by atoms with Crippen LogP contribution < -0.4 is 5.73 Å². The first kappa shape index (κ1) is 11.2. The maximum Gasteiger partial charge on any atom is 0.0675 e. The van der Waals surface area contributed by atoms with Gasteiger partial charge in [0.2, 0.25) is 0 Å². The Morgan fingerprint density at radius 1 is 1.12 bits per heavy atom. The van der Waals surface area contributed by atoms with Crippen LogP contribution in [0.2, 0.25) is 5.02 Å². The number of halogens is 1. The molecule has 2 heterocycles. The summed E-state index contributed by atoms with van der Waals surface area (Å²) in [4.78, 5) is 1.04. The first-order chi connectivity index (χ1) is 8.27. The number of hydrogen-bond acceptors (Lipinski definition) is 3. The van der Waals surface area contributed by atoms with E-state index in [0.29, 0.717) is 0 Å². The first-order valence-electron chi connectivity index (χ1n) is 5.22. The second-order valence-corrected chi connectivity index (χ2v) is 6.06. The summed E-state index contributed by atoms with van der Waals surface area (Å²) in [5.41, 5.74) is 7.47. The van der Waals surface area contributed by atoms with E-state index in [1.54, 1.807) is 22.7 Å². The Balaban J connectivity index is 2.13. The van der Waals surface area contributed by atoms with E-state index >= 15 is 0 Å². The third-order valence-corrected chi connectivity index (χ3v) is 5.20. The minimum Gasteiger partial charge on any atom is -0.320 e. The van der Waals surface area contributed by atoms with Crippen molar-refractivity contribution < 1.29 is 0 Å². The lowest BCUT2D eigenvalue weighted by Crippen LogP contribution is -2.09. The number of thiophene rings is 2. The fourth-order valence-corrected chi connectivity index (χ4v) is 4.10. The van der Waals surface area contributed by atoms with E-state index in [1.807, 2.05) is 23.6 Å². The summed E-state index contributed by atoms with van der Waals surface area (Å²) in [6.07, 6.45) is 0. The summed E-state index contributed by atoms with van der Waals surface area (Å²) in [6.45, 7) is 0. The number of hydrogen-bond donors (Lipinski definition) is 1. The average molecular weight is 280 g/mol. The Hall–Kier alpha value is -0.870. The topological polar surface area (TPSA) is 26.0 Å². The van der Waals surface area contributed by atoms with E-state index in [4.69, 9.17) is 17.3 Å². The van der Waals surface area contributed by atoms with Crippen LogP contribution in [-0.4, -0.2) is 0 Å². The van der Waals surface area contributed by atoms with Crippen molar-refractivity contribution in [3.8, 4) is 0 Å². The average Bonchev–Trinajstić information content (AvgIpc) is 2.94. The lowest BCUT2D eigenvalue weighted by molar-refractivity contribution is 0.908. The highest BCUT2D eigenvalue weighted by Crippen LogP contribution is 2.36. The number of benzene rings is 1. The van der Waals surface area contributed by atoms with Crippen LogP contribution in [0.1, 0.15) is 16.5 Å². The van der Waals surface area contributed by atoms with E-state index < -0.39 is 0 Å². The van der Waals surface area contributed by atoms with Crippen molar-refractivity contribution in [1.82, 2.24) is 0 Å². The second-order valence-electron chi connectivity index (χ2n) is 3.80. The normalized spacial score (nSPS) is 13.1. The summed E-state index contributed by atoms with van der Waals surface area (Å²) >= 11 is 9.48. The van der Waals surface area contributed by atoms with E-state index in [1.165, 1.54) is 10.1 Å². The molecule has 1 atom stereocenters. The van der Waals surface area contributed by atoms with Gasteiger partial charge in [0.15, 0.2) is 0 Å². The Morgan fingerprint density at radius 3 is 2.71 bits per heavy atom. The summed E-state index contributed by atoms with van der Waals surface area (Å²) in [6, 6.07) is 10.1. The van der Waals surface area contributed by atoms with Gasteiger partial charge in [-0.25, -0.2) is 0 Å². The van der Waals surface area contributed by atoms with Crippen LogP contribution in [0.5, 0.6) is 0 Å². The fraction of sp³-hybridized carbons (Fsp3) is 0.0769. The molecule has 17 heavy (non-hydrogen) atoms. The van der Waals surface area contributed by atoms with Crippen molar-refractivity contribution in [2.75, 3.05) is 0 Å². The number of nitrogens with two attached hydrogens (primary N) is 1. The van der Waals surface area contributed by atoms with Gasteiger partial charge < -0.3 is 5.73 Å². The molecule has 0 spiro atoms. The highest BCUT2D eigenvalue weighted by molar-refractivity contribution is 7.17. The van der Waals surface area contributed by atoms with E-state index in [-0.39, 0.29) is 6.04 Å². The van der Waals surface area contributed by atoms with E-state index in [9.17, 15) is 0 Å². The molecule has 1 aromatic carbocycles.